The van der Waals surface area contributed by atoms with Gasteiger partial charge < -0.3 is 9.73 Å². The van der Waals surface area contributed by atoms with Gasteiger partial charge in [-0.2, -0.15) is 0 Å². The van der Waals surface area contributed by atoms with Crippen LogP contribution in [0.15, 0.2) is 47.1 Å². The summed E-state index contributed by atoms with van der Waals surface area (Å²) in [4.78, 5) is 0. The van der Waals surface area contributed by atoms with Crippen LogP contribution >= 0.6 is 0 Å². The smallest absolute Gasteiger partial charge is 0.117 e. The van der Waals surface area contributed by atoms with Crippen molar-refractivity contribution < 1.29 is 4.42 Å². The van der Waals surface area contributed by atoms with Crippen LogP contribution in [0.4, 0.5) is 0 Å². The van der Waals surface area contributed by atoms with Crippen LogP contribution in [0.2, 0.25) is 0 Å². The van der Waals surface area contributed by atoms with E-state index >= 15 is 0 Å². The monoisotopic (exact) mass is 241 g/mol. The van der Waals surface area contributed by atoms with Crippen molar-refractivity contribution in [3.05, 3.63) is 59.5 Å². The second-order valence-electron chi connectivity index (χ2n) is 5.00. The summed E-state index contributed by atoms with van der Waals surface area (Å²) in [5, 5.41) is 3.50. The number of furan rings is 1. The zero-order valence-corrected chi connectivity index (χ0v) is 10.6. The maximum atomic E-state index is 5.33. The molecule has 0 saturated carbocycles. The topological polar surface area (TPSA) is 25.2 Å². The van der Waals surface area contributed by atoms with Crippen LogP contribution in [-0.4, -0.2) is 6.54 Å². The molecule has 1 heterocycles. The van der Waals surface area contributed by atoms with Crippen LogP contribution in [0.3, 0.4) is 0 Å². The van der Waals surface area contributed by atoms with E-state index < -0.39 is 0 Å². The highest BCUT2D eigenvalue weighted by Crippen LogP contribution is 2.30. The zero-order chi connectivity index (χ0) is 12.2. The molecule has 0 fully saturated rings. The lowest BCUT2D eigenvalue weighted by Gasteiger charge is -2.25. The summed E-state index contributed by atoms with van der Waals surface area (Å²) in [6.45, 7) is 1.86. The van der Waals surface area contributed by atoms with Crippen molar-refractivity contribution >= 4 is 0 Å². The minimum Gasteiger partial charge on any atom is -0.468 e. The van der Waals surface area contributed by atoms with Gasteiger partial charge in [-0.25, -0.2) is 0 Å². The first-order valence-electron chi connectivity index (χ1n) is 6.74. The summed E-state index contributed by atoms with van der Waals surface area (Å²) < 4.78 is 5.33. The first-order valence-corrected chi connectivity index (χ1v) is 6.74. The third-order valence-electron chi connectivity index (χ3n) is 3.76. The SMILES string of the molecule is c1coc(CNCC2CCCc3ccccc32)c1. The van der Waals surface area contributed by atoms with Crippen molar-refractivity contribution in [1.29, 1.82) is 0 Å². The normalized spacial score (nSPS) is 18.6. The Bertz CT molecular complexity index is 490. The molecule has 1 aromatic carbocycles. The molecule has 2 nitrogen and oxygen atoms in total. The molecule has 3 rings (SSSR count). The molecule has 2 aromatic rings. The highest BCUT2D eigenvalue weighted by molar-refractivity contribution is 5.32. The molecule has 1 unspecified atom stereocenters. The van der Waals surface area contributed by atoms with E-state index in [-0.39, 0.29) is 0 Å². The van der Waals surface area contributed by atoms with E-state index in [9.17, 15) is 0 Å². The van der Waals surface area contributed by atoms with Gasteiger partial charge in [0.05, 0.1) is 12.8 Å². The maximum absolute atomic E-state index is 5.33. The highest BCUT2D eigenvalue weighted by atomic mass is 16.3. The predicted octanol–water partition coefficient (Wildman–Crippen LogP) is 3.49. The van der Waals surface area contributed by atoms with E-state index in [1.54, 1.807) is 6.26 Å². The summed E-state index contributed by atoms with van der Waals surface area (Å²) in [6.07, 6.45) is 5.57. The van der Waals surface area contributed by atoms with Crippen LogP contribution in [0.25, 0.3) is 0 Å². The van der Waals surface area contributed by atoms with Crippen molar-refractivity contribution in [2.75, 3.05) is 6.54 Å². The second kappa shape index (κ2) is 5.40. The molecular formula is C16H19NO. The average molecular weight is 241 g/mol. The van der Waals surface area contributed by atoms with E-state index in [2.05, 4.69) is 29.6 Å². The number of benzene rings is 1. The fourth-order valence-electron chi connectivity index (χ4n) is 2.85. The fourth-order valence-corrected chi connectivity index (χ4v) is 2.85. The fraction of sp³-hybridized carbons (Fsp3) is 0.375. The van der Waals surface area contributed by atoms with Crippen LogP contribution in [0.1, 0.15) is 35.6 Å². The number of fused-ring (bicyclic) bond motifs is 1. The van der Waals surface area contributed by atoms with Crippen LogP contribution in [0, 0.1) is 0 Å². The Balaban J connectivity index is 1.60. The molecule has 0 saturated heterocycles. The number of nitrogens with one attached hydrogen (secondary N) is 1. The molecule has 0 aliphatic heterocycles. The Kier molecular flexibility index (Phi) is 3.47. The van der Waals surface area contributed by atoms with Crippen LogP contribution < -0.4 is 5.32 Å². The van der Waals surface area contributed by atoms with Gasteiger partial charge in [-0.05, 0) is 48.4 Å². The number of hydrogen-bond acceptors (Lipinski definition) is 2. The Morgan fingerprint density at radius 3 is 3.00 bits per heavy atom. The van der Waals surface area contributed by atoms with E-state index in [4.69, 9.17) is 4.42 Å². The molecule has 1 aliphatic rings. The Hall–Kier alpha value is -1.54. The average Bonchev–Trinajstić information content (AvgIpc) is 2.92. The summed E-state index contributed by atoms with van der Waals surface area (Å²) in [6, 6.07) is 12.8. The summed E-state index contributed by atoms with van der Waals surface area (Å²) in [5.41, 5.74) is 3.07. The highest BCUT2D eigenvalue weighted by Gasteiger charge is 2.19. The van der Waals surface area contributed by atoms with Gasteiger partial charge in [-0.3, -0.25) is 0 Å². The third kappa shape index (κ3) is 2.49. The minimum absolute atomic E-state index is 0.657. The zero-order valence-electron chi connectivity index (χ0n) is 10.6. The standard InChI is InChI=1S/C16H19NO/c1-2-9-16-13(5-1)6-3-7-14(16)11-17-12-15-8-4-10-18-15/h1-2,4-5,8-10,14,17H,3,6-7,11-12H2. The predicted molar refractivity (Wildman–Crippen MR) is 72.5 cm³/mol. The Morgan fingerprint density at radius 2 is 2.11 bits per heavy atom. The van der Waals surface area contributed by atoms with Gasteiger partial charge in [0.25, 0.3) is 0 Å². The van der Waals surface area contributed by atoms with E-state index in [0.717, 1.165) is 18.8 Å². The molecule has 2 heteroatoms. The first-order chi connectivity index (χ1) is 8.93. The van der Waals surface area contributed by atoms with E-state index in [1.807, 2.05) is 12.1 Å². The van der Waals surface area contributed by atoms with Crippen LogP contribution in [0.5, 0.6) is 0 Å². The molecule has 94 valence electrons. The third-order valence-corrected chi connectivity index (χ3v) is 3.76. The van der Waals surface area contributed by atoms with Gasteiger partial charge in [0.15, 0.2) is 0 Å². The second-order valence-corrected chi connectivity index (χ2v) is 5.00. The lowest BCUT2D eigenvalue weighted by Crippen LogP contribution is -2.23. The minimum atomic E-state index is 0.657. The van der Waals surface area contributed by atoms with Gasteiger partial charge in [0, 0.05) is 6.54 Å². The van der Waals surface area contributed by atoms with Crippen molar-refractivity contribution in [3.8, 4) is 0 Å². The number of hydrogen-bond donors (Lipinski definition) is 1. The van der Waals surface area contributed by atoms with Crippen molar-refractivity contribution in [2.45, 2.75) is 31.7 Å². The lowest BCUT2D eigenvalue weighted by atomic mass is 9.83. The molecular weight excluding hydrogens is 222 g/mol. The summed E-state index contributed by atoms with van der Waals surface area (Å²) >= 11 is 0. The van der Waals surface area contributed by atoms with Gasteiger partial charge >= 0.3 is 0 Å². The molecule has 0 amide bonds. The molecule has 0 bridgehead atoms. The number of aryl methyl sites for hydroxylation is 1. The van der Waals surface area contributed by atoms with Crippen molar-refractivity contribution in [3.63, 3.8) is 0 Å². The Morgan fingerprint density at radius 1 is 1.17 bits per heavy atom. The van der Waals surface area contributed by atoms with Crippen LogP contribution in [-0.2, 0) is 13.0 Å². The van der Waals surface area contributed by atoms with Crippen molar-refractivity contribution in [2.24, 2.45) is 0 Å². The molecule has 1 N–H and O–H groups in total. The van der Waals surface area contributed by atoms with Gasteiger partial charge in [-0.15, -0.1) is 0 Å². The lowest BCUT2D eigenvalue weighted by molar-refractivity contribution is 0.456. The molecule has 0 spiro atoms. The van der Waals surface area contributed by atoms with Gasteiger partial charge in [0.1, 0.15) is 5.76 Å². The largest absolute Gasteiger partial charge is 0.468 e. The summed E-state index contributed by atoms with van der Waals surface area (Å²) in [7, 11) is 0. The van der Waals surface area contributed by atoms with E-state index in [0.29, 0.717) is 5.92 Å². The molecule has 1 aromatic heterocycles. The van der Waals surface area contributed by atoms with Gasteiger partial charge in [0.2, 0.25) is 0 Å². The molecule has 0 radical (unpaired) electrons. The van der Waals surface area contributed by atoms with E-state index in [1.165, 1.54) is 30.4 Å². The molecule has 18 heavy (non-hydrogen) atoms. The maximum Gasteiger partial charge on any atom is 0.117 e. The molecule has 1 aliphatic carbocycles. The molecule has 1 atom stereocenters. The number of rotatable bonds is 4. The van der Waals surface area contributed by atoms with Crippen molar-refractivity contribution in [1.82, 2.24) is 5.32 Å². The van der Waals surface area contributed by atoms with Gasteiger partial charge in [-0.1, -0.05) is 24.3 Å². The first kappa shape index (κ1) is 11.5. The Labute approximate surface area is 108 Å². The summed E-state index contributed by atoms with van der Waals surface area (Å²) in [5.74, 6) is 1.67. The quantitative estimate of drug-likeness (QED) is 0.886.